The zero-order chi connectivity index (χ0) is 18.5. The predicted octanol–water partition coefficient (Wildman–Crippen LogP) is 2.71. The van der Waals surface area contributed by atoms with Crippen LogP contribution < -0.4 is 11.0 Å². The normalized spacial score (nSPS) is 11.2. The number of nitrogens with one attached hydrogen (secondary N) is 1. The number of halogens is 1. The van der Waals surface area contributed by atoms with Crippen LogP contribution >= 0.6 is 0 Å². The Bertz CT molecular complexity index is 1040. The summed E-state index contributed by atoms with van der Waals surface area (Å²) in [7, 11) is 0. The molecule has 6 nitrogen and oxygen atoms in total. The lowest BCUT2D eigenvalue weighted by atomic mass is 10.1. The van der Waals surface area contributed by atoms with Gasteiger partial charge >= 0.3 is 0 Å². The van der Waals surface area contributed by atoms with Crippen molar-refractivity contribution >= 4 is 22.9 Å². The van der Waals surface area contributed by atoms with E-state index in [0.29, 0.717) is 23.7 Å². The molecule has 0 spiro atoms. The van der Waals surface area contributed by atoms with Crippen molar-refractivity contribution in [2.24, 2.45) is 5.10 Å². The van der Waals surface area contributed by atoms with E-state index in [-0.39, 0.29) is 16.8 Å². The van der Waals surface area contributed by atoms with Crippen molar-refractivity contribution in [3.63, 3.8) is 0 Å². The first-order valence-corrected chi connectivity index (χ1v) is 8.19. The number of aryl methyl sites for hydroxylation is 1. The molecule has 0 saturated heterocycles. The monoisotopic (exact) mass is 352 g/mol. The third-order valence-corrected chi connectivity index (χ3v) is 3.79. The molecule has 7 heteroatoms. The van der Waals surface area contributed by atoms with Gasteiger partial charge in [0.15, 0.2) is 5.69 Å². The summed E-state index contributed by atoms with van der Waals surface area (Å²) < 4.78 is 14.8. The van der Waals surface area contributed by atoms with Crippen LogP contribution in [0, 0.1) is 5.82 Å². The van der Waals surface area contributed by atoms with Gasteiger partial charge in [-0.25, -0.2) is 14.5 Å². The molecular weight excluding hydrogens is 335 g/mol. The fourth-order valence-electron chi connectivity index (χ4n) is 2.56. The van der Waals surface area contributed by atoms with E-state index in [4.69, 9.17) is 0 Å². The maximum Gasteiger partial charge on any atom is 0.292 e. The van der Waals surface area contributed by atoms with Crippen LogP contribution in [0.15, 0.2) is 58.4 Å². The molecule has 0 aliphatic rings. The van der Waals surface area contributed by atoms with Gasteiger partial charge in [-0.1, -0.05) is 43.3 Å². The second-order valence-electron chi connectivity index (χ2n) is 5.64. The molecule has 3 aromatic rings. The molecular formula is C19H17FN4O2. The van der Waals surface area contributed by atoms with Gasteiger partial charge < -0.3 is 0 Å². The molecule has 0 aliphatic heterocycles. The number of carbonyl (C=O) groups is 1. The van der Waals surface area contributed by atoms with Gasteiger partial charge in [-0.2, -0.15) is 10.2 Å². The molecule has 132 valence electrons. The SMILES string of the molecule is CCCn1nc(C(=O)N/N=C/c2ccccc2F)c2ccccc2c1=O. The Morgan fingerprint density at radius 2 is 1.88 bits per heavy atom. The van der Waals surface area contributed by atoms with Gasteiger partial charge in [0.25, 0.3) is 11.5 Å². The van der Waals surface area contributed by atoms with E-state index in [0.717, 1.165) is 0 Å². The Labute approximate surface area is 149 Å². The van der Waals surface area contributed by atoms with Crippen LogP contribution in [0.4, 0.5) is 4.39 Å². The van der Waals surface area contributed by atoms with Crippen LogP contribution in [0.1, 0.15) is 29.4 Å². The average molecular weight is 352 g/mol. The molecule has 1 amide bonds. The zero-order valence-corrected chi connectivity index (χ0v) is 14.1. The lowest BCUT2D eigenvalue weighted by molar-refractivity contribution is 0.0949. The number of benzene rings is 2. The fourth-order valence-corrected chi connectivity index (χ4v) is 2.56. The maximum absolute atomic E-state index is 13.6. The quantitative estimate of drug-likeness (QED) is 0.567. The van der Waals surface area contributed by atoms with Crippen LogP contribution in [-0.2, 0) is 6.54 Å². The van der Waals surface area contributed by atoms with Gasteiger partial charge in [0.05, 0.1) is 11.6 Å². The zero-order valence-electron chi connectivity index (χ0n) is 14.1. The molecule has 0 unspecified atom stereocenters. The van der Waals surface area contributed by atoms with Crippen molar-refractivity contribution in [2.45, 2.75) is 19.9 Å². The number of hydrazone groups is 1. The molecule has 26 heavy (non-hydrogen) atoms. The highest BCUT2D eigenvalue weighted by molar-refractivity contribution is 6.04. The molecule has 1 heterocycles. The van der Waals surface area contributed by atoms with Gasteiger partial charge in [-0.05, 0) is 18.6 Å². The number of carbonyl (C=O) groups excluding carboxylic acids is 1. The second-order valence-corrected chi connectivity index (χ2v) is 5.64. The van der Waals surface area contributed by atoms with Crippen LogP contribution in [0.5, 0.6) is 0 Å². The highest BCUT2D eigenvalue weighted by Crippen LogP contribution is 2.13. The Morgan fingerprint density at radius 1 is 1.19 bits per heavy atom. The molecule has 1 N–H and O–H groups in total. The third kappa shape index (κ3) is 3.51. The van der Waals surface area contributed by atoms with E-state index in [9.17, 15) is 14.0 Å². The van der Waals surface area contributed by atoms with Crippen LogP contribution in [0.25, 0.3) is 10.8 Å². The van der Waals surface area contributed by atoms with E-state index in [2.05, 4.69) is 15.6 Å². The highest BCUT2D eigenvalue weighted by atomic mass is 19.1. The van der Waals surface area contributed by atoms with Crippen molar-refractivity contribution < 1.29 is 9.18 Å². The van der Waals surface area contributed by atoms with E-state index in [1.54, 1.807) is 42.5 Å². The van der Waals surface area contributed by atoms with Gasteiger partial charge in [-0.3, -0.25) is 9.59 Å². The van der Waals surface area contributed by atoms with E-state index < -0.39 is 11.7 Å². The summed E-state index contributed by atoms with van der Waals surface area (Å²) in [6.45, 7) is 2.32. The molecule has 0 saturated carbocycles. The molecule has 3 rings (SSSR count). The Balaban J connectivity index is 1.94. The lowest BCUT2D eigenvalue weighted by Crippen LogP contribution is -2.29. The van der Waals surface area contributed by atoms with Gasteiger partial charge in [0.2, 0.25) is 0 Å². The maximum atomic E-state index is 13.6. The summed E-state index contributed by atoms with van der Waals surface area (Å²) >= 11 is 0. The molecule has 2 aromatic carbocycles. The Hall–Kier alpha value is -3.35. The van der Waals surface area contributed by atoms with Crippen molar-refractivity contribution in [3.05, 3.63) is 76.0 Å². The van der Waals surface area contributed by atoms with Gasteiger partial charge in [0, 0.05) is 17.5 Å². The fraction of sp³-hybridized carbons (Fsp3) is 0.158. The van der Waals surface area contributed by atoms with Crippen molar-refractivity contribution in [1.29, 1.82) is 0 Å². The summed E-state index contributed by atoms with van der Waals surface area (Å²) in [6, 6.07) is 12.9. The number of rotatable bonds is 5. The molecule has 0 fully saturated rings. The minimum atomic E-state index is -0.571. The molecule has 0 radical (unpaired) electrons. The standard InChI is InChI=1S/C19H17FN4O2/c1-2-11-24-19(26)15-9-5-4-8-14(15)17(23-24)18(25)22-21-12-13-7-3-6-10-16(13)20/h3-10,12H,2,11H2,1H3,(H,22,25)/b21-12+. The summed E-state index contributed by atoms with van der Waals surface area (Å²) in [5.41, 5.74) is 2.45. The minimum absolute atomic E-state index is 0.0966. The van der Waals surface area contributed by atoms with Gasteiger partial charge in [0.1, 0.15) is 5.82 Å². The van der Waals surface area contributed by atoms with Crippen molar-refractivity contribution in [1.82, 2.24) is 15.2 Å². The van der Waals surface area contributed by atoms with Crippen LogP contribution in [0.3, 0.4) is 0 Å². The summed E-state index contributed by atoms with van der Waals surface area (Å²) in [5.74, 6) is -1.01. The van der Waals surface area contributed by atoms with E-state index in [1.807, 2.05) is 6.92 Å². The summed E-state index contributed by atoms with van der Waals surface area (Å²) in [4.78, 5) is 24.9. The average Bonchev–Trinajstić information content (AvgIpc) is 2.65. The largest absolute Gasteiger partial charge is 0.292 e. The number of amides is 1. The smallest absolute Gasteiger partial charge is 0.267 e. The highest BCUT2D eigenvalue weighted by Gasteiger charge is 2.16. The van der Waals surface area contributed by atoms with Crippen LogP contribution in [0.2, 0.25) is 0 Å². The predicted molar refractivity (Wildman–Crippen MR) is 97.8 cm³/mol. The van der Waals surface area contributed by atoms with Gasteiger partial charge in [-0.15, -0.1) is 0 Å². The molecule has 1 aromatic heterocycles. The number of fused-ring (bicyclic) bond motifs is 1. The minimum Gasteiger partial charge on any atom is -0.267 e. The summed E-state index contributed by atoms with van der Waals surface area (Å²) in [6.07, 6.45) is 1.93. The Kier molecular flexibility index (Phi) is 5.17. The molecule has 0 aliphatic carbocycles. The molecule has 0 bridgehead atoms. The number of hydrogen-bond donors (Lipinski definition) is 1. The number of aromatic nitrogens is 2. The number of hydrogen-bond acceptors (Lipinski definition) is 4. The van der Waals surface area contributed by atoms with E-state index >= 15 is 0 Å². The first kappa shape index (κ1) is 17.5. The topological polar surface area (TPSA) is 76.3 Å². The lowest BCUT2D eigenvalue weighted by Gasteiger charge is -2.09. The van der Waals surface area contributed by atoms with E-state index in [1.165, 1.54) is 17.0 Å². The molecule has 0 atom stereocenters. The van der Waals surface area contributed by atoms with Crippen molar-refractivity contribution in [2.75, 3.05) is 0 Å². The second kappa shape index (κ2) is 7.69. The van der Waals surface area contributed by atoms with Crippen LogP contribution in [-0.4, -0.2) is 21.9 Å². The third-order valence-electron chi connectivity index (χ3n) is 3.79. The summed E-state index contributed by atoms with van der Waals surface area (Å²) in [5, 5.41) is 8.83. The number of nitrogens with zero attached hydrogens (tertiary/aromatic N) is 3. The first-order chi connectivity index (χ1) is 12.6. The van der Waals surface area contributed by atoms with Crippen molar-refractivity contribution in [3.8, 4) is 0 Å². The Morgan fingerprint density at radius 3 is 2.62 bits per heavy atom. The first-order valence-electron chi connectivity index (χ1n) is 8.19.